The summed E-state index contributed by atoms with van der Waals surface area (Å²) in [6.45, 7) is 3.23. The molecule has 0 spiro atoms. The molecule has 0 aliphatic rings. The fourth-order valence-electron chi connectivity index (χ4n) is 1.62. The number of aromatic nitrogens is 2. The number of aryl methyl sites for hydroxylation is 2. The van der Waals surface area contributed by atoms with Crippen molar-refractivity contribution in [2.45, 2.75) is 13.8 Å². The Hall–Kier alpha value is -1.92. The summed E-state index contributed by atoms with van der Waals surface area (Å²) >= 11 is 11.6. The van der Waals surface area contributed by atoms with Crippen LogP contribution in [0.15, 0.2) is 18.2 Å². The highest BCUT2D eigenvalue weighted by molar-refractivity contribution is 6.30. The molecular formula is C12H9Cl2N3O3. The quantitative estimate of drug-likeness (QED) is 0.484. The van der Waals surface area contributed by atoms with Crippen molar-refractivity contribution in [3.8, 4) is 11.6 Å². The molecule has 2 rings (SSSR count). The van der Waals surface area contributed by atoms with Crippen LogP contribution < -0.4 is 4.74 Å². The van der Waals surface area contributed by atoms with Gasteiger partial charge in [-0.3, -0.25) is 10.1 Å². The van der Waals surface area contributed by atoms with Crippen LogP contribution in [-0.4, -0.2) is 14.9 Å². The Morgan fingerprint density at radius 3 is 2.55 bits per heavy atom. The molecule has 6 nitrogen and oxygen atoms in total. The molecule has 2 aromatic rings. The Kier molecular flexibility index (Phi) is 4.06. The van der Waals surface area contributed by atoms with Gasteiger partial charge in [0.05, 0.1) is 4.92 Å². The van der Waals surface area contributed by atoms with Gasteiger partial charge >= 0.3 is 11.6 Å². The third kappa shape index (κ3) is 2.97. The second-order valence-corrected chi connectivity index (χ2v) is 4.78. The fourth-order valence-corrected chi connectivity index (χ4v) is 2.05. The number of hydrogen-bond donors (Lipinski definition) is 0. The van der Waals surface area contributed by atoms with Crippen LogP contribution in [0.25, 0.3) is 0 Å². The average molecular weight is 314 g/mol. The standard InChI is InChI=1S/C12H9Cl2N3O3/c1-6-5-8(13)3-4-9(6)20-11-10(17(18)19)7(2)15-12(14)16-11/h3-5H,1-2H3. The largest absolute Gasteiger partial charge is 0.433 e. The van der Waals surface area contributed by atoms with Gasteiger partial charge in [0.2, 0.25) is 5.28 Å². The molecule has 8 heteroatoms. The van der Waals surface area contributed by atoms with Gasteiger partial charge in [0.25, 0.3) is 0 Å². The molecular weight excluding hydrogens is 305 g/mol. The first-order valence-electron chi connectivity index (χ1n) is 5.51. The lowest BCUT2D eigenvalue weighted by atomic mass is 10.2. The van der Waals surface area contributed by atoms with Gasteiger partial charge in [0.1, 0.15) is 11.4 Å². The van der Waals surface area contributed by atoms with Gasteiger partial charge in [0.15, 0.2) is 0 Å². The van der Waals surface area contributed by atoms with E-state index < -0.39 is 4.92 Å². The van der Waals surface area contributed by atoms with Gasteiger partial charge in [-0.15, -0.1) is 0 Å². The summed E-state index contributed by atoms with van der Waals surface area (Å²) in [6, 6.07) is 4.90. The summed E-state index contributed by atoms with van der Waals surface area (Å²) in [5.41, 5.74) is 0.541. The van der Waals surface area contributed by atoms with Crippen molar-refractivity contribution in [1.29, 1.82) is 0 Å². The number of ether oxygens (including phenoxy) is 1. The highest BCUT2D eigenvalue weighted by atomic mass is 35.5. The lowest BCUT2D eigenvalue weighted by Gasteiger charge is -2.09. The van der Waals surface area contributed by atoms with Gasteiger partial charge in [-0.25, -0.2) is 4.98 Å². The highest BCUT2D eigenvalue weighted by Crippen LogP contribution is 2.34. The molecule has 1 aromatic heterocycles. The third-order valence-electron chi connectivity index (χ3n) is 2.53. The molecule has 0 aliphatic heterocycles. The molecule has 0 saturated heterocycles. The summed E-state index contributed by atoms with van der Waals surface area (Å²) in [5.74, 6) is 0.213. The van der Waals surface area contributed by atoms with Gasteiger partial charge in [-0.05, 0) is 49.2 Å². The Balaban J connectivity index is 2.50. The smallest absolute Gasteiger partial charge is 0.352 e. The van der Waals surface area contributed by atoms with Crippen molar-refractivity contribution in [3.05, 3.63) is 49.9 Å². The molecule has 1 aromatic carbocycles. The van der Waals surface area contributed by atoms with Crippen LogP contribution in [0.3, 0.4) is 0 Å². The summed E-state index contributed by atoms with van der Waals surface area (Å²) in [7, 11) is 0. The predicted molar refractivity (Wildman–Crippen MR) is 74.7 cm³/mol. The Morgan fingerprint density at radius 1 is 1.25 bits per heavy atom. The number of halogens is 2. The number of nitrogens with zero attached hydrogens (tertiary/aromatic N) is 3. The highest BCUT2D eigenvalue weighted by Gasteiger charge is 2.24. The Morgan fingerprint density at radius 2 is 1.95 bits per heavy atom. The second kappa shape index (κ2) is 5.60. The van der Waals surface area contributed by atoms with Crippen LogP contribution >= 0.6 is 23.2 Å². The van der Waals surface area contributed by atoms with E-state index >= 15 is 0 Å². The fraction of sp³-hybridized carbons (Fsp3) is 0.167. The number of benzene rings is 1. The van der Waals surface area contributed by atoms with Crippen LogP contribution in [0, 0.1) is 24.0 Å². The molecule has 20 heavy (non-hydrogen) atoms. The second-order valence-electron chi connectivity index (χ2n) is 4.00. The van der Waals surface area contributed by atoms with Crippen LogP contribution in [0.2, 0.25) is 10.3 Å². The van der Waals surface area contributed by atoms with Crippen LogP contribution in [0.1, 0.15) is 11.3 Å². The van der Waals surface area contributed by atoms with E-state index in [0.717, 1.165) is 5.56 Å². The molecule has 104 valence electrons. The number of rotatable bonds is 3. The first kappa shape index (κ1) is 14.5. The topological polar surface area (TPSA) is 78.2 Å². The maximum Gasteiger partial charge on any atom is 0.352 e. The molecule has 0 aliphatic carbocycles. The minimum Gasteiger partial charge on any atom is -0.433 e. The van der Waals surface area contributed by atoms with Crippen LogP contribution in [-0.2, 0) is 0 Å². The maximum absolute atomic E-state index is 11.1. The van der Waals surface area contributed by atoms with E-state index in [1.807, 2.05) is 0 Å². The first-order valence-corrected chi connectivity index (χ1v) is 6.26. The van der Waals surface area contributed by atoms with Gasteiger partial charge in [-0.1, -0.05) is 11.6 Å². The zero-order valence-electron chi connectivity index (χ0n) is 10.6. The molecule has 0 radical (unpaired) electrons. The SMILES string of the molecule is Cc1cc(Cl)ccc1Oc1nc(Cl)nc(C)c1[N+](=O)[O-]. The molecule has 1 heterocycles. The third-order valence-corrected chi connectivity index (χ3v) is 2.93. The van der Waals surface area contributed by atoms with Crippen molar-refractivity contribution in [2.24, 2.45) is 0 Å². The summed E-state index contributed by atoms with van der Waals surface area (Å²) in [4.78, 5) is 18.0. The summed E-state index contributed by atoms with van der Waals surface area (Å²) in [5, 5.41) is 11.5. The van der Waals surface area contributed by atoms with E-state index in [2.05, 4.69) is 9.97 Å². The lowest BCUT2D eigenvalue weighted by Crippen LogP contribution is -2.02. The van der Waals surface area contributed by atoms with E-state index in [1.165, 1.54) is 6.92 Å². The van der Waals surface area contributed by atoms with Gasteiger partial charge < -0.3 is 4.74 Å². The van der Waals surface area contributed by atoms with Gasteiger partial charge in [0, 0.05) is 5.02 Å². The normalized spacial score (nSPS) is 10.4. The maximum atomic E-state index is 11.1. The van der Waals surface area contributed by atoms with Crippen LogP contribution in [0.4, 0.5) is 5.69 Å². The molecule has 0 bridgehead atoms. The zero-order valence-corrected chi connectivity index (χ0v) is 12.1. The zero-order chi connectivity index (χ0) is 14.9. The van der Waals surface area contributed by atoms with E-state index in [-0.39, 0.29) is 22.5 Å². The van der Waals surface area contributed by atoms with Crippen LogP contribution in [0.5, 0.6) is 11.6 Å². The van der Waals surface area contributed by atoms with E-state index in [1.54, 1.807) is 25.1 Å². The molecule has 0 saturated carbocycles. The van der Waals surface area contributed by atoms with Gasteiger partial charge in [-0.2, -0.15) is 4.98 Å². The predicted octanol–water partition coefficient (Wildman–Crippen LogP) is 4.10. The molecule has 0 N–H and O–H groups in total. The Bertz CT molecular complexity index is 692. The molecule has 0 amide bonds. The number of hydrogen-bond acceptors (Lipinski definition) is 5. The number of nitro groups is 1. The minimum absolute atomic E-state index is 0.116. The Labute approximate surface area is 124 Å². The molecule has 0 atom stereocenters. The minimum atomic E-state index is -0.605. The van der Waals surface area contributed by atoms with E-state index in [9.17, 15) is 10.1 Å². The van der Waals surface area contributed by atoms with E-state index in [4.69, 9.17) is 27.9 Å². The molecule has 0 fully saturated rings. The summed E-state index contributed by atoms with van der Waals surface area (Å²) in [6.07, 6.45) is 0. The summed E-state index contributed by atoms with van der Waals surface area (Å²) < 4.78 is 5.48. The molecule has 0 unspecified atom stereocenters. The van der Waals surface area contributed by atoms with Crippen molar-refractivity contribution in [3.63, 3.8) is 0 Å². The first-order chi connectivity index (χ1) is 9.38. The van der Waals surface area contributed by atoms with Crippen molar-refractivity contribution in [2.75, 3.05) is 0 Å². The van der Waals surface area contributed by atoms with Crippen molar-refractivity contribution in [1.82, 2.24) is 9.97 Å². The average Bonchev–Trinajstić information content (AvgIpc) is 2.31. The lowest BCUT2D eigenvalue weighted by molar-refractivity contribution is -0.386. The van der Waals surface area contributed by atoms with Crippen molar-refractivity contribution >= 4 is 28.9 Å². The monoisotopic (exact) mass is 313 g/mol. The van der Waals surface area contributed by atoms with E-state index in [0.29, 0.717) is 10.8 Å². The van der Waals surface area contributed by atoms with Crippen molar-refractivity contribution < 1.29 is 9.66 Å².